The molecule has 1 aromatic carbocycles. The van der Waals surface area contributed by atoms with Gasteiger partial charge in [0.25, 0.3) is 0 Å². The molecule has 0 aliphatic rings. The molecule has 0 unspecified atom stereocenters. The number of aromatic nitrogens is 3. The van der Waals surface area contributed by atoms with Crippen molar-refractivity contribution in [3.05, 3.63) is 47.8 Å². The molecule has 0 spiro atoms. The molecule has 2 amide bonds. The van der Waals surface area contributed by atoms with Crippen molar-refractivity contribution in [2.75, 3.05) is 6.54 Å². The first-order valence-corrected chi connectivity index (χ1v) is 10.7. The van der Waals surface area contributed by atoms with Crippen LogP contribution in [0, 0.1) is 0 Å². The summed E-state index contributed by atoms with van der Waals surface area (Å²) in [4.78, 5) is 35.4. The minimum atomic E-state index is -1.13. The topological polar surface area (TPSA) is 137 Å². The molecule has 0 saturated carbocycles. The standard InChI is InChI=1S/C22H31N5O4/c28-20(13-9-4-2-1-3-8-12-18-15-24-27-26-18)25-19(22(31)23-16-21(29)30)14-17-10-6-5-7-11-17/h5-7,10-11,15,19H,1-4,8-9,12-14,16H2,(H,23,31)(H,25,28)(H,29,30)(H,24,26,27)/t19-/m0/s1. The van der Waals surface area contributed by atoms with Crippen molar-refractivity contribution in [3.8, 4) is 0 Å². The van der Waals surface area contributed by atoms with Crippen molar-refractivity contribution in [1.82, 2.24) is 26.0 Å². The molecule has 1 atom stereocenters. The van der Waals surface area contributed by atoms with E-state index >= 15 is 0 Å². The molecular weight excluding hydrogens is 398 g/mol. The normalized spacial score (nSPS) is 11.6. The molecule has 0 aliphatic heterocycles. The lowest BCUT2D eigenvalue weighted by Crippen LogP contribution is -2.49. The van der Waals surface area contributed by atoms with Gasteiger partial charge < -0.3 is 15.7 Å². The lowest BCUT2D eigenvalue weighted by atomic mass is 10.0. The van der Waals surface area contributed by atoms with Crippen LogP contribution in [0.1, 0.15) is 56.2 Å². The third-order valence-corrected chi connectivity index (χ3v) is 4.90. The Labute approximate surface area is 182 Å². The highest BCUT2D eigenvalue weighted by Crippen LogP contribution is 2.10. The maximum Gasteiger partial charge on any atom is 0.322 e. The first-order chi connectivity index (χ1) is 15.0. The zero-order valence-corrected chi connectivity index (χ0v) is 17.7. The van der Waals surface area contributed by atoms with Gasteiger partial charge in [0.1, 0.15) is 12.6 Å². The molecule has 0 fully saturated rings. The van der Waals surface area contributed by atoms with Crippen LogP contribution in [-0.2, 0) is 27.2 Å². The van der Waals surface area contributed by atoms with Gasteiger partial charge in [-0.05, 0) is 24.8 Å². The van der Waals surface area contributed by atoms with Gasteiger partial charge in [-0.3, -0.25) is 14.4 Å². The predicted molar refractivity (Wildman–Crippen MR) is 115 cm³/mol. The summed E-state index contributed by atoms with van der Waals surface area (Å²) in [6.07, 6.45) is 9.36. The van der Waals surface area contributed by atoms with Crippen LogP contribution in [0.3, 0.4) is 0 Å². The van der Waals surface area contributed by atoms with Crippen molar-refractivity contribution < 1.29 is 19.5 Å². The first kappa shape index (κ1) is 24.0. The zero-order chi connectivity index (χ0) is 22.3. The van der Waals surface area contributed by atoms with Crippen LogP contribution in [0.5, 0.6) is 0 Å². The number of carboxylic acid groups (broad SMARTS) is 1. The van der Waals surface area contributed by atoms with E-state index in [1.54, 1.807) is 6.20 Å². The summed E-state index contributed by atoms with van der Waals surface area (Å²) in [6, 6.07) is 8.52. The summed E-state index contributed by atoms with van der Waals surface area (Å²) in [5, 5.41) is 24.3. The van der Waals surface area contributed by atoms with E-state index in [2.05, 4.69) is 26.0 Å². The van der Waals surface area contributed by atoms with Crippen molar-refractivity contribution in [3.63, 3.8) is 0 Å². The largest absolute Gasteiger partial charge is 0.480 e. The molecule has 9 nitrogen and oxygen atoms in total. The number of H-pyrrole nitrogens is 1. The van der Waals surface area contributed by atoms with E-state index in [4.69, 9.17) is 5.11 Å². The summed E-state index contributed by atoms with van der Waals surface area (Å²) < 4.78 is 0. The molecule has 4 N–H and O–H groups in total. The number of aliphatic carboxylic acids is 1. The highest BCUT2D eigenvalue weighted by Gasteiger charge is 2.21. The summed E-state index contributed by atoms with van der Waals surface area (Å²) in [5.74, 6) is -1.82. The molecule has 1 heterocycles. The third-order valence-electron chi connectivity index (χ3n) is 4.90. The number of rotatable bonds is 15. The Morgan fingerprint density at radius 2 is 1.71 bits per heavy atom. The summed E-state index contributed by atoms with van der Waals surface area (Å²) >= 11 is 0. The molecule has 0 radical (unpaired) electrons. The number of amides is 2. The number of hydrogen-bond acceptors (Lipinski definition) is 5. The Morgan fingerprint density at radius 1 is 1.00 bits per heavy atom. The fourth-order valence-corrected chi connectivity index (χ4v) is 3.26. The average molecular weight is 430 g/mol. The molecule has 2 rings (SSSR count). The number of carbonyl (C=O) groups excluding carboxylic acids is 2. The Bertz CT molecular complexity index is 795. The number of benzene rings is 1. The molecule has 168 valence electrons. The Hall–Kier alpha value is -3.23. The van der Waals surface area contributed by atoms with Crippen LogP contribution in [0.2, 0.25) is 0 Å². The third kappa shape index (κ3) is 10.4. The minimum Gasteiger partial charge on any atom is -0.480 e. The molecule has 31 heavy (non-hydrogen) atoms. The number of carbonyl (C=O) groups is 3. The molecule has 2 aromatic rings. The number of aromatic amines is 1. The van der Waals surface area contributed by atoms with Crippen LogP contribution >= 0.6 is 0 Å². The van der Waals surface area contributed by atoms with E-state index < -0.39 is 24.5 Å². The second-order valence-corrected chi connectivity index (χ2v) is 7.50. The van der Waals surface area contributed by atoms with Crippen LogP contribution in [0.15, 0.2) is 36.5 Å². The van der Waals surface area contributed by atoms with Crippen LogP contribution in [-0.4, -0.2) is 50.9 Å². The van der Waals surface area contributed by atoms with Gasteiger partial charge in [0, 0.05) is 12.8 Å². The number of nitrogens with one attached hydrogen (secondary N) is 3. The van der Waals surface area contributed by atoms with E-state index in [1.807, 2.05) is 30.3 Å². The number of hydrogen-bond donors (Lipinski definition) is 4. The van der Waals surface area contributed by atoms with Crippen molar-refractivity contribution >= 4 is 17.8 Å². The van der Waals surface area contributed by atoms with Gasteiger partial charge in [-0.2, -0.15) is 15.4 Å². The van der Waals surface area contributed by atoms with Gasteiger partial charge in [0.15, 0.2) is 0 Å². The maximum atomic E-state index is 12.3. The minimum absolute atomic E-state index is 0.197. The van der Waals surface area contributed by atoms with Crippen LogP contribution < -0.4 is 10.6 Å². The van der Waals surface area contributed by atoms with Gasteiger partial charge in [-0.25, -0.2) is 0 Å². The average Bonchev–Trinajstić information content (AvgIpc) is 3.27. The molecule has 0 saturated heterocycles. The molecular formula is C22H31N5O4. The van der Waals surface area contributed by atoms with E-state index in [0.29, 0.717) is 12.8 Å². The lowest BCUT2D eigenvalue weighted by molar-refractivity contribution is -0.138. The van der Waals surface area contributed by atoms with Crippen LogP contribution in [0.4, 0.5) is 0 Å². The van der Waals surface area contributed by atoms with Gasteiger partial charge >= 0.3 is 5.97 Å². The number of nitrogens with zero attached hydrogens (tertiary/aromatic N) is 2. The molecule has 0 bridgehead atoms. The fourth-order valence-electron chi connectivity index (χ4n) is 3.26. The SMILES string of the molecule is O=C(O)CNC(=O)[C@H](Cc1ccccc1)NC(=O)CCCCCCCCc1cn[nH]n1. The Balaban J connectivity index is 1.66. The van der Waals surface area contributed by atoms with Gasteiger partial charge in [0.05, 0.1) is 11.9 Å². The van der Waals surface area contributed by atoms with Gasteiger partial charge in [-0.15, -0.1) is 0 Å². The van der Waals surface area contributed by atoms with Crippen molar-refractivity contribution in [2.24, 2.45) is 0 Å². The zero-order valence-electron chi connectivity index (χ0n) is 17.7. The van der Waals surface area contributed by atoms with Crippen molar-refractivity contribution in [1.29, 1.82) is 0 Å². The monoisotopic (exact) mass is 429 g/mol. The second-order valence-electron chi connectivity index (χ2n) is 7.50. The quantitative estimate of drug-likeness (QED) is 0.320. The highest BCUT2D eigenvalue weighted by atomic mass is 16.4. The maximum absolute atomic E-state index is 12.3. The lowest BCUT2D eigenvalue weighted by Gasteiger charge is -2.18. The summed E-state index contributed by atoms with van der Waals surface area (Å²) in [6.45, 7) is -0.476. The van der Waals surface area contributed by atoms with Crippen molar-refractivity contribution in [2.45, 2.75) is 63.8 Å². The summed E-state index contributed by atoms with van der Waals surface area (Å²) in [7, 11) is 0. The van der Waals surface area contributed by atoms with E-state index in [-0.39, 0.29) is 5.91 Å². The Morgan fingerprint density at radius 3 is 2.39 bits per heavy atom. The second kappa shape index (κ2) is 13.9. The number of aryl methyl sites for hydroxylation is 1. The van der Waals surface area contributed by atoms with Gasteiger partial charge in [-0.1, -0.05) is 56.0 Å². The fraction of sp³-hybridized carbons (Fsp3) is 0.500. The molecule has 0 aliphatic carbocycles. The predicted octanol–water partition coefficient (Wildman–Crippen LogP) is 2.01. The van der Waals surface area contributed by atoms with E-state index in [0.717, 1.165) is 56.2 Å². The highest BCUT2D eigenvalue weighted by molar-refractivity contribution is 5.89. The molecule has 1 aromatic heterocycles. The molecule has 9 heteroatoms. The summed E-state index contributed by atoms with van der Waals surface area (Å²) in [5.41, 5.74) is 1.87. The van der Waals surface area contributed by atoms with Gasteiger partial charge in [0.2, 0.25) is 11.8 Å². The number of carboxylic acids is 1. The smallest absolute Gasteiger partial charge is 0.322 e. The van der Waals surface area contributed by atoms with Crippen LogP contribution in [0.25, 0.3) is 0 Å². The number of unbranched alkanes of at least 4 members (excludes halogenated alkanes) is 5. The first-order valence-electron chi connectivity index (χ1n) is 10.7. The van der Waals surface area contributed by atoms with E-state index in [1.165, 1.54) is 0 Å². The van der Waals surface area contributed by atoms with E-state index in [9.17, 15) is 14.4 Å². The Kier molecular flexibility index (Phi) is 10.8.